The molecule has 0 radical (unpaired) electrons. The highest BCUT2D eigenvalue weighted by Crippen LogP contribution is 2.22. The van der Waals surface area contributed by atoms with Crippen LogP contribution in [0.1, 0.15) is 5.89 Å². The fourth-order valence-corrected chi connectivity index (χ4v) is 2.24. The van der Waals surface area contributed by atoms with Gasteiger partial charge >= 0.3 is 0 Å². The molecule has 0 N–H and O–H groups in total. The molecule has 2 aromatic rings. The first kappa shape index (κ1) is 9.10. The first-order valence-electron chi connectivity index (χ1n) is 3.21. The molecule has 0 atom stereocenters. The number of hydrogen-bond acceptors (Lipinski definition) is 7. The molecule has 0 aromatic carbocycles. The van der Waals surface area contributed by atoms with E-state index >= 15 is 0 Å². The topological polar surface area (TPSA) is 64.7 Å². The number of thioether (sulfide) groups is 1. The standard InChI is InChI=1S/C5H3BrN4OS2/c6-4-8-3(11-10-4)1-12-5-9-7-2-13-5/h2H,1H2. The van der Waals surface area contributed by atoms with Crippen molar-refractivity contribution in [3.05, 3.63) is 16.1 Å². The van der Waals surface area contributed by atoms with E-state index in [0.717, 1.165) is 4.34 Å². The Kier molecular flexibility index (Phi) is 2.91. The highest BCUT2D eigenvalue weighted by Gasteiger charge is 2.05. The third-order valence-corrected chi connectivity index (χ3v) is 3.27. The second-order valence-corrected chi connectivity index (χ2v) is 4.72. The van der Waals surface area contributed by atoms with Crippen LogP contribution in [-0.2, 0) is 5.75 Å². The molecule has 68 valence electrons. The highest BCUT2D eigenvalue weighted by atomic mass is 79.9. The van der Waals surface area contributed by atoms with E-state index in [1.807, 2.05) is 0 Å². The van der Waals surface area contributed by atoms with E-state index in [1.54, 1.807) is 5.51 Å². The summed E-state index contributed by atoms with van der Waals surface area (Å²) < 4.78 is 6.26. The molecule has 0 bridgehead atoms. The zero-order valence-electron chi connectivity index (χ0n) is 6.18. The van der Waals surface area contributed by atoms with E-state index in [-0.39, 0.29) is 0 Å². The number of nitrogens with zero attached hydrogens (tertiary/aromatic N) is 4. The summed E-state index contributed by atoms with van der Waals surface area (Å²) in [6.45, 7) is 0. The molecule has 0 unspecified atom stereocenters. The van der Waals surface area contributed by atoms with E-state index in [0.29, 0.717) is 16.4 Å². The number of halogens is 1. The van der Waals surface area contributed by atoms with Gasteiger partial charge in [0.25, 0.3) is 0 Å². The number of aromatic nitrogens is 4. The smallest absolute Gasteiger partial charge is 0.238 e. The zero-order valence-corrected chi connectivity index (χ0v) is 9.40. The molecule has 0 spiro atoms. The summed E-state index contributed by atoms with van der Waals surface area (Å²) in [7, 11) is 0. The van der Waals surface area contributed by atoms with Gasteiger partial charge in [0.15, 0.2) is 4.34 Å². The molecule has 2 rings (SSSR count). The maximum Gasteiger partial charge on any atom is 0.238 e. The first-order chi connectivity index (χ1) is 6.34. The molecule has 0 saturated carbocycles. The van der Waals surface area contributed by atoms with E-state index in [4.69, 9.17) is 4.52 Å². The fraction of sp³-hybridized carbons (Fsp3) is 0.200. The number of hydrogen-bond donors (Lipinski definition) is 0. The quantitative estimate of drug-likeness (QED) is 0.800. The lowest BCUT2D eigenvalue weighted by atomic mass is 10.8. The Bertz CT molecular complexity index is 376. The Morgan fingerprint density at radius 2 is 2.54 bits per heavy atom. The molecule has 0 aliphatic carbocycles. The van der Waals surface area contributed by atoms with Crippen LogP contribution in [0.5, 0.6) is 0 Å². The molecule has 5 nitrogen and oxygen atoms in total. The van der Waals surface area contributed by atoms with E-state index in [9.17, 15) is 0 Å². The lowest BCUT2D eigenvalue weighted by Gasteiger charge is -1.88. The first-order valence-corrected chi connectivity index (χ1v) is 5.87. The minimum absolute atomic E-state index is 0.473. The Morgan fingerprint density at radius 3 is 3.15 bits per heavy atom. The van der Waals surface area contributed by atoms with Crippen LogP contribution in [0.2, 0.25) is 0 Å². The van der Waals surface area contributed by atoms with Gasteiger partial charge in [-0.2, -0.15) is 4.98 Å². The fourth-order valence-electron chi connectivity index (χ4n) is 0.642. The van der Waals surface area contributed by atoms with Crippen molar-refractivity contribution in [1.82, 2.24) is 20.3 Å². The van der Waals surface area contributed by atoms with Crippen molar-refractivity contribution in [2.75, 3.05) is 0 Å². The summed E-state index contributed by atoms with van der Waals surface area (Å²) in [6, 6.07) is 0. The van der Waals surface area contributed by atoms with Gasteiger partial charge < -0.3 is 4.52 Å². The average Bonchev–Trinajstić information content (AvgIpc) is 2.71. The molecular formula is C5H3BrN4OS2. The summed E-state index contributed by atoms with van der Waals surface area (Å²) in [4.78, 5) is 3.98. The molecule has 0 aliphatic rings. The SMILES string of the molecule is Brc1noc(CSc2nncs2)n1. The van der Waals surface area contributed by atoms with Gasteiger partial charge in [-0.25, -0.2) is 0 Å². The van der Waals surface area contributed by atoms with Crippen molar-refractivity contribution < 1.29 is 4.52 Å². The van der Waals surface area contributed by atoms with Crippen molar-refractivity contribution in [2.45, 2.75) is 10.1 Å². The van der Waals surface area contributed by atoms with Crippen LogP contribution >= 0.6 is 39.0 Å². The summed E-state index contributed by atoms with van der Waals surface area (Å²) in [5.41, 5.74) is 1.69. The van der Waals surface area contributed by atoms with Crippen LogP contribution in [0.15, 0.2) is 19.1 Å². The minimum atomic E-state index is 0.473. The molecule has 0 saturated heterocycles. The van der Waals surface area contributed by atoms with Gasteiger partial charge in [0, 0.05) is 0 Å². The van der Waals surface area contributed by atoms with E-state index < -0.39 is 0 Å². The molecule has 8 heteroatoms. The molecule has 2 aromatic heterocycles. The Labute approximate surface area is 90.1 Å². The highest BCUT2D eigenvalue weighted by molar-refractivity contribution is 9.10. The lowest BCUT2D eigenvalue weighted by molar-refractivity contribution is 0.387. The summed E-state index contributed by atoms with van der Waals surface area (Å²) in [6.07, 6.45) is 0. The van der Waals surface area contributed by atoms with Gasteiger partial charge in [-0.05, 0) is 21.1 Å². The maximum atomic E-state index is 4.89. The minimum Gasteiger partial charge on any atom is -0.337 e. The van der Waals surface area contributed by atoms with Crippen molar-refractivity contribution in [3.8, 4) is 0 Å². The Morgan fingerprint density at radius 1 is 1.62 bits per heavy atom. The normalized spacial score (nSPS) is 10.5. The second-order valence-electron chi connectivity index (χ2n) is 1.95. The largest absolute Gasteiger partial charge is 0.337 e. The predicted molar refractivity (Wildman–Crippen MR) is 51.5 cm³/mol. The van der Waals surface area contributed by atoms with Gasteiger partial charge in [0.2, 0.25) is 10.6 Å². The lowest BCUT2D eigenvalue weighted by Crippen LogP contribution is -1.79. The second kappa shape index (κ2) is 4.16. The molecule has 2 heterocycles. The summed E-state index contributed by atoms with van der Waals surface area (Å²) in [5.74, 6) is 1.19. The third-order valence-electron chi connectivity index (χ3n) is 1.10. The average molecular weight is 279 g/mol. The van der Waals surface area contributed by atoms with Gasteiger partial charge in [0.1, 0.15) is 5.51 Å². The molecular weight excluding hydrogens is 276 g/mol. The van der Waals surface area contributed by atoms with Gasteiger partial charge in [-0.3, -0.25) is 0 Å². The van der Waals surface area contributed by atoms with E-state index in [2.05, 4.69) is 36.3 Å². The third kappa shape index (κ3) is 2.48. The Hall–Kier alpha value is -0.470. The number of rotatable bonds is 3. The zero-order chi connectivity index (χ0) is 9.10. The van der Waals surface area contributed by atoms with Crippen LogP contribution in [0.4, 0.5) is 0 Å². The van der Waals surface area contributed by atoms with Gasteiger partial charge in [-0.1, -0.05) is 23.1 Å². The van der Waals surface area contributed by atoms with Gasteiger partial charge in [0.05, 0.1) is 5.75 Å². The van der Waals surface area contributed by atoms with Gasteiger partial charge in [-0.15, -0.1) is 10.2 Å². The van der Waals surface area contributed by atoms with Crippen LogP contribution in [-0.4, -0.2) is 20.3 Å². The van der Waals surface area contributed by atoms with E-state index in [1.165, 1.54) is 23.1 Å². The molecule has 0 amide bonds. The summed E-state index contributed by atoms with van der Waals surface area (Å²) in [5, 5.41) is 11.2. The van der Waals surface area contributed by atoms with Crippen LogP contribution < -0.4 is 0 Å². The predicted octanol–water partition coefficient (Wildman–Crippen LogP) is 1.98. The van der Waals surface area contributed by atoms with Crippen LogP contribution in [0, 0.1) is 0 Å². The van der Waals surface area contributed by atoms with Crippen LogP contribution in [0.25, 0.3) is 0 Å². The molecule has 0 aliphatic heterocycles. The molecule has 0 fully saturated rings. The monoisotopic (exact) mass is 278 g/mol. The van der Waals surface area contributed by atoms with Crippen molar-refractivity contribution in [1.29, 1.82) is 0 Å². The van der Waals surface area contributed by atoms with Crippen LogP contribution in [0.3, 0.4) is 0 Å². The summed E-state index contributed by atoms with van der Waals surface area (Å²) >= 11 is 6.11. The van der Waals surface area contributed by atoms with Crippen molar-refractivity contribution in [3.63, 3.8) is 0 Å². The maximum absolute atomic E-state index is 4.89. The van der Waals surface area contributed by atoms with Crippen molar-refractivity contribution >= 4 is 39.0 Å². The Balaban J connectivity index is 1.93. The molecule has 13 heavy (non-hydrogen) atoms. The van der Waals surface area contributed by atoms with Crippen molar-refractivity contribution in [2.24, 2.45) is 0 Å².